The number of methoxy groups -OCH3 is 4. The van der Waals surface area contributed by atoms with Crippen LogP contribution in [0.4, 0.5) is 0 Å². The molecule has 3 aromatic carbocycles. The first-order chi connectivity index (χ1) is 22.6. The standard InChI is InChI=1S/C37H36Br2N2O6.2Ni/c1-36(20-46-34(40-36)24-11-16-30(44-5)27(17-24)22-7-12-25(42-3)13-8-22)19-37(2)21-47-35(41-37)29-18-28(33(45-6)32(39)31(29)38)23-9-14-26(43-4)15-10-23;;/h7-18,20-21,31-32H,19H2,1-6H3;;/q-2;;/t31?,32?,36-,37-;;/m1../s1. The van der Waals surface area contributed by atoms with Crippen LogP contribution in [0.2, 0.25) is 0 Å². The van der Waals surface area contributed by atoms with E-state index in [1.807, 2.05) is 80.6 Å². The minimum absolute atomic E-state index is 0. The fourth-order valence-corrected chi connectivity index (χ4v) is 7.35. The van der Waals surface area contributed by atoms with Crippen molar-refractivity contribution in [3.63, 3.8) is 0 Å². The summed E-state index contributed by atoms with van der Waals surface area (Å²) in [5.41, 5.74) is 4.32. The van der Waals surface area contributed by atoms with Gasteiger partial charge in [0.05, 0.1) is 38.1 Å². The maximum absolute atomic E-state index is 6.19. The van der Waals surface area contributed by atoms with Crippen LogP contribution in [-0.4, -0.2) is 61.0 Å². The van der Waals surface area contributed by atoms with E-state index in [0.29, 0.717) is 18.2 Å². The normalized spacial score (nSPS) is 24.3. The van der Waals surface area contributed by atoms with Crippen LogP contribution in [0.5, 0.6) is 17.2 Å². The molecule has 0 amide bonds. The molecule has 0 saturated heterocycles. The quantitative estimate of drug-likeness (QED) is 0.116. The average Bonchev–Trinajstić information content (AvgIpc) is 3.67. The molecule has 2 unspecified atom stereocenters. The van der Waals surface area contributed by atoms with E-state index in [0.717, 1.165) is 56.4 Å². The predicted octanol–water partition coefficient (Wildman–Crippen LogP) is 8.34. The number of hydrogen-bond acceptors (Lipinski definition) is 8. The molecule has 2 heterocycles. The van der Waals surface area contributed by atoms with Gasteiger partial charge in [-0.15, -0.1) is 13.2 Å². The third-order valence-corrected chi connectivity index (χ3v) is 11.0. The van der Waals surface area contributed by atoms with Gasteiger partial charge in [-0.3, -0.25) is 9.98 Å². The first-order valence-electron chi connectivity index (χ1n) is 15.1. The van der Waals surface area contributed by atoms with Gasteiger partial charge < -0.3 is 28.4 Å². The monoisotopic (exact) mass is 878 g/mol. The molecule has 0 radical (unpaired) electrons. The molecule has 3 aliphatic rings. The summed E-state index contributed by atoms with van der Waals surface area (Å²) in [5.74, 6) is 4.23. The van der Waals surface area contributed by atoms with Crippen molar-refractivity contribution in [1.82, 2.24) is 0 Å². The number of allylic oxidation sites excluding steroid dienone is 3. The van der Waals surface area contributed by atoms with Crippen molar-refractivity contribution in [1.29, 1.82) is 0 Å². The number of halogens is 2. The predicted molar refractivity (Wildman–Crippen MR) is 192 cm³/mol. The van der Waals surface area contributed by atoms with Crippen LogP contribution in [0.3, 0.4) is 0 Å². The molecule has 4 atom stereocenters. The Morgan fingerprint density at radius 1 is 0.673 bits per heavy atom. The molecular weight excluding hydrogens is 846 g/mol. The van der Waals surface area contributed by atoms with E-state index in [-0.39, 0.29) is 42.6 Å². The minimum atomic E-state index is -0.655. The van der Waals surface area contributed by atoms with E-state index in [1.54, 1.807) is 41.7 Å². The Labute approximate surface area is 324 Å². The Hall–Kier alpha value is -2.77. The second kappa shape index (κ2) is 16.1. The van der Waals surface area contributed by atoms with Crippen LogP contribution in [0.25, 0.3) is 16.7 Å². The molecule has 8 nitrogen and oxygen atoms in total. The molecule has 0 spiro atoms. The number of benzene rings is 3. The molecule has 266 valence electrons. The topological polar surface area (TPSA) is 80.1 Å². The summed E-state index contributed by atoms with van der Waals surface area (Å²) in [6.07, 6.45) is 2.61. The molecule has 0 saturated carbocycles. The van der Waals surface area contributed by atoms with Gasteiger partial charge in [-0.25, -0.2) is 0 Å². The van der Waals surface area contributed by atoms with Gasteiger partial charge >= 0.3 is 0 Å². The molecule has 3 aromatic rings. The van der Waals surface area contributed by atoms with E-state index in [2.05, 4.69) is 37.9 Å². The Morgan fingerprint density at radius 3 is 1.76 bits per heavy atom. The number of alkyl halides is 2. The molecule has 2 aliphatic heterocycles. The van der Waals surface area contributed by atoms with Crippen molar-refractivity contribution < 1.29 is 61.4 Å². The summed E-state index contributed by atoms with van der Waals surface area (Å²) in [6, 6.07) is 21.7. The molecule has 1 aliphatic carbocycles. The smallest absolute Gasteiger partial charge is 0.182 e. The maximum atomic E-state index is 6.19. The molecule has 0 aromatic heterocycles. The van der Waals surface area contributed by atoms with Gasteiger partial charge in [0.2, 0.25) is 0 Å². The molecule has 6 rings (SSSR count). The van der Waals surface area contributed by atoms with Crippen LogP contribution in [0, 0.1) is 13.2 Å². The van der Waals surface area contributed by atoms with Crippen molar-refractivity contribution in [2.24, 2.45) is 9.98 Å². The Bertz CT molecular complexity index is 1780. The molecule has 0 fully saturated rings. The van der Waals surface area contributed by atoms with Gasteiger partial charge in [0.25, 0.3) is 0 Å². The summed E-state index contributed by atoms with van der Waals surface area (Å²) in [5, 5.41) is 0. The summed E-state index contributed by atoms with van der Waals surface area (Å²) in [6.45, 7) is 7.65. The maximum Gasteiger partial charge on any atom is 0.182 e. The number of hydrogen-bond donors (Lipinski definition) is 0. The molecule has 0 bridgehead atoms. The third-order valence-electron chi connectivity index (χ3n) is 8.36. The fraction of sp³-hybridized carbons (Fsp3) is 0.297. The fourth-order valence-electron chi connectivity index (χ4n) is 6.07. The third kappa shape index (κ3) is 8.09. The van der Waals surface area contributed by atoms with E-state index in [9.17, 15) is 0 Å². The second-order valence-electron chi connectivity index (χ2n) is 12.0. The van der Waals surface area contributed by atoms with Crippen molar-refractivity contribution in [3.8, 4) is 28.4 Å². The molecule has 0 N–H and O–H groups in total. The van der Waals surface area contributed by atoms with Crippen LogP contribution in [-0.2, 0) is 47.2 Å². The largest absolute Gasteiger partial charge is 0.647 e. The zero-order chi connectivity index (χ0) is 33.3. The number of aliphatic imine (C=N–C) groups is 2. The number of rotatable bonds is 10. The summed E-state index contributed by atoms with van der Waals surface area (Å²) >= 11 is 7.69. The molecule has 12 heteroatoms. The zero-order valence-electron chi connectivity index (χ0n) is 27.7. The molecule has 49 heavy (non-hydrogen) atoms. The van der Waals surface area contributed by atoms with Gasteiger partial charge in [0, 0.05) is 55.3 Å². The van der Waals surface area contributed by atoms with Gasteiger partial charge in [0.1, 0.15) is 23.0 Å². The van der Waals surface area contributed by atoms with Crippen molar-refractivity contribution in [3.05, 3.63) is 108 Å². The van der Waals surface area contributed by atoms with Gasteiger partial charge in [-0.05, 0) is 70.7 Å². The Balaban J connectivity index is 0.00000270. The van der Waals surface area contributed by atoms with E-state index >= 15 is 0 Å². The average molecular weight is 882 g/mol. The van der Waals surface area contributed by atoms with Crippen LogP contribution in [0.15, 0.2) is 94.1 Å². The SMILES string of the molecule is COC1=C(c2ccc(OC)cc2)C=C(C2=N[C@](C)(C[C@]3(C)[CH-]OC(c4ccc(OC)c(-c5ccc(OC)cc5)c4)=N3)[CH-]O2)C(Br)C1Br.[Ni].[Ni]. The van der Waals surface area contributed by atoms with E-state index in [4.69, 9.17) is 38.4 Å². The van der Waals surface area contributed by atoms with Crippen molar-refractivity contribution >= 4 is 49.2 Å². The first kappa shape index (κ1) is 39.0. The van der Waals surface area contributed by atoms with Crippen LogP contribution < -0.4 is 14.2 Å². The Kier molecular flexibility index (Phi) is 12.8. The summed E-state index contributed by atoms with van der Waals surface area (Å²) in [7, 11) is 6.65. The van der Waals surface area contributed by atoms with Gasteiger partial charge in [-0.1, -0.05) is 76.4 Å². The first-order valence-corrected chi connectivity index (χ1v) is 16.9. The Morgan fingerprint density at radius 2 is 1.20 bits per heavy atom. The zero-order valence-corrected chi connectivity index (χ0v) is 32.8. The minimum Gasteiger partial charge on any atom is -0.647 e. The van der Waals surface area contributed by atoms with E-state index < -0.39 is 11.1 Å². The summed E-state index contributed by atoms with van der Waals surface area (Å²) < 4.78 is 34.5. The van der Waals surface area contributed by atoms with Crippen LogP contribution in [0.1, 0.15) is 31.4 Å². The molecular formula is C37H36Br2N2Ni2O6-2. The van der Waals surface area contributed by atoms with E-state index in [1.165, 1.54) is 0 Å². The van der Waals surface area contributed by atoms with Crippen molar-refractivity contribution in [2.75, 3.05) is 28.4 Å². The van der Waals surface area contributed by atoms with Gasteiger partial charge in [-0.2, -0.15) is 0 Å². The van der Waals surface area contributed by atoms with Crippen molar-refractivity contribution in [2.45, 2.75) is 41.0 Å². The number of ether oxygens (including phenoxy) is 6. The number of nitrogens with zero attached hydrogens (tertiary/aromatic N) is 2. The second-order valence-corrected chi connectivity index (χ2v) is 13.9. The van der Waals surface area contributed by atoms with Gasteiger partial charge in [0.15, 0.2) is 11.8 Å². The van der Waals surface area contributed by atoms with Crippen LogP contribution >= 0.6 is 31.9 Å². The summed E-state index contributed by atoms with van der Waals surface area (Å²) in [4.78, 5) is 9.86.